The molecule has 15 unspecified atom stereocenters. The van der Waals surface area contributed by atoms with Crippen LogP contribution in [0.15, 0.2) is 0 Å². The average molecular weight is 601 g/mol. The monoisotopic (exact) mass is 600 g/mol. The third-order valence-electron chi connectivity index (χ3n) is 7.10. The number of hydrogen-bond acceptors (Lipinski definition) is 15. The zero-order chi connectivity index (χ0) is 28.9. The predicted molar refractivity (Wildman–Crippen MR) is 130 cm³/mol. The Balaban J connectivity index is 1.74. The molecule has 226 valence electrons. The summed E-state index contributed by atoms with van der Waals surface area (Å²) >= 11 is 0. The number of ether oxygens (including phenoxy) is 6. The summed E-state index contributed by atoms with van der Waals surface area (Å²) in [6.07, 6.45) is -18.8. The fourth-order valence-electron chi connectivity index (χ4n) is 4.64. The zero-order valence-corrected chi connectivity index (χ0v) is 24.2. The quantitative estimate of drug-likeness (QED) is 0.106. The van der Waals surface area contributed by atoms with Gasteiger partial charge in [-0.25, -0.2) is 0 Å². The minimum atomic E-state index is -1.63. The van der Waals surface area contributed by atoms with Crippen molar-refractivity contribution in [3.05, 3.63) is 0 Å². The molecular formula is C22H40O15Si2. The van der Waals surface area contributed by atoms with Crippen molar-refractivity contribution in [3.63, 3.8) is 0 Å². The van der Waals surface area contributed by atoms with Gasteiger partial charge in [-0.1, -0.05) is 6.92 Å². The Morgan fingerprint density at radius 1 is 0.590 bits per heavy atom. The van der Waals surface area contributed by atoms with Crippen LogP contribution in [0.2, 0.25) is 13.1 Å². The molecule has 39 heavy (non-hydrogen) atoms. The molecule has 3 aliphatic heterocycles. The lowest BCUT2D eigenvalue weighted by Gasteiger charge is -2.47. The van der Waals surface area contributed by atoms with E-state index in [1.165, 1.54) is 7.11 Å². The van der Waals surface area contributed by atoms with E-state index in [-0.39, 0.29) is 32.7 Å². The van der Waals surface area contributed by atoms with Crippen molar-refractivity contribution in [2.24, 2.45) is 5.92 Å². The summed E-state index contributed by atoms with van der Waals surface area (Å²) in [5.41, 5.74) is 0. The van der Waals surface area contributed by atoms with E-state index in [1.807, 2.05) is 6.55 Å². The maximum atomic E-state index is 10.9. The molecular weight excluding hydrogens is 560 g/mol. The van der Waals surface area contributed by atoms with Crippen molar-refractivity contribution in [1.29, 1.82) is 0 Å². The molecule has 3 saturated heterocycles. The van der Waals surface area contributed by atoms with Gasteiger partial charge >= 0.3 is 0 Å². The summed E-state index contributed by atoms with van der Waals surface area (Å²) in [5, 5.41) is 73.5. The van der Waals surface area contributed by atoms with Gasteiger partial charge in [0.15, 0.2) is 18.9 Å². The topological polar surface area (TPSA) is 215 Å². The third-order valence-corrected chi connectivity index (χ3v) is 8.01. The minimum absolute atomic E-state index is 0.0524. The number of aliphatic hydroxyl groups excluding tert-OH is 7. The maximum Gasteiger partial charge on any atom is 0.226 e. The SMILES string of the molecule is COC1OC(COC2OC(CO[Si]C)C(O)C(O)C2O)C(OC2OC(CO[Si]C)C(C)C(O)C2O)C(O)C1O. The first-order chi connectivity index (χ1) is 18.5. The first-order valence-electron chi connectivity index (χ1n) is 12.6. The second-order valence-corrected chi connectivity index (χ2v) is 11.0. The molecule has 0 bridgehead atoms. The molecule has 3 heterocycles. The average Bonchev–Trinajstić information content (AvgIpc) is 2.93. The van der Waals surface area contributed by atoms with E-state index < -0.39 is 98.5 Å². The highest BCUT2D eigenvalue weighted by Crippen LogP contribution is 2.32. The molecule has 0 aromatic rings. The largest absolute Gasteiger partial charge is 0.415 e. The summed E-state index contributed by atoms with van der Waals surface area (Å²) in [6, 6.07) is 0. The summed E-state index contributed by atoms with van der Waals surface area (Å²) in [4.78, 5) is 0. The van der Waals surface area contributed by atoms with Crippen LogP contribution in [0.4, 0.5) is 0 Å². The molecule has 3 aliphatic rings. The molecule has 3 fully saturated rings. The molecule has 0 spiro atoms. The second-order valence-electron chi connectivity index (χ2n) is 9.62. The highest BCUT2D eigenvalue weighted by atomic mass is 28.2. The highest BCUT2D eigenvalue weighted by molar-refractivity contribution is 6.25. The lowest BCUT2D eigenvalue weighted by Crippen LogP contribution is -2.64. The molecule has 0 aliphatic carbocycles. The Bertz CT molecular complexity index is 727. The summed E-state index contributed by atoms with van der Waals surface area (Å²) < 4.78 is 44.6. The molecule has 0 amide bonds. The molecule has 7 N–H and O–H groups in total. The van der Waals surface area contributed by atoms with Gasteiger partial charge in [0.1, 0.15) is 54.9 Å². The van der Waals surface area contributed by atoms with Crippen molar-refractivity contribution in [2.75, 3.05) is 26.9 Å². The van der Waals surface area contributed by atoms with E-state index >= 15 is 0 Å². The molecule has 0 saturated carbocycles. The zero-order valence-electron chi connectivity index (χ0n) is 22.2. The van der Waals surface area contributed by atoms with Gasteiger partial charge in [0.25, 0.3) is 0 Å². The Kier molecular flexibility index (Phi) is 13.1. The Morgan fingerprint density at radius 3 is 1.74 bits per heavy atom. The van der Waals surface area contributed by atoms with Crippen molar-refractivity contribution in [3.8, 4) is 0 Å². The van der Waals surface area contributed by atoms with Crippen molar-refractivity contribution < 1.29 is 73.0 Å². The molecule has 0 aromatic heterocycles. The smallest absolute Gasteiger partial charge is 0.226 e. The van der Waals surface area contributed by atoms with Crippen LogP contribution in [0.5, 0.6) is 0 Å². The van der Waals surface area contributed by atoms with Gasteiger partial charge in [0.2, 0.25) is 19.5 Å². The number of rotatable bonds is 12. The van der Waals surface area contributed by atoms with Crippen LogP contribution < -0.4 is 0 Å². The molecule has 4 radical (unpaired) electrons. The van der Waals surface area contributed by atoms with Gasteiger partial charge in [-0.3, -0.25) is 0 Å². The van der Waals surface area contributed by atoms with Gasteiger partial charge in [0.05, 0.1) is 32.0 Å². The van der Waals surface area contributed by atoms with Crippen LogP contribution in [0.3, 0.4) is 0 Å². The first-order valence-corrected chi connectivity index (χ1v) is 15.5. The molecule has 3 rings (SSSR count). The summed E-state index contributed by atoms with van der Waals surface area (Å²) in [5.74, 6) is -0.483. The van der Waals surface area contributed by atoms with Gasteiger partial charge in [-0.2, -0.15) is 0 Å². The minimum Gasteiger partial charge on any atom is -0.415 e. The van der Waals surface area contributed by atoms with Gasteiger partial charge < -0.3 is 73.0 Å². The lowest BCUT2D eigenvalue weighted by atomic mass is 9.91. The summed E-state index contributed by atoms with van der Waals surface area (Å²) in [6.45, 7) is 4.97. The van der Waals surface area contributed by atoms with Crippen LogP contribution in [0, 0.1) is 5.92 Å². The Morgan fingerprint density at radius 2 is 1.13 bits per heavy atom. The van der Waals surface area contributed by atoms with Gasteiger partial charge in [-0.05, 0) is 13.1 Å². The molecule has 17 heteroatoms. The fraction of sp³-hybridized carbons (Fsp3) is 1.00. The van der Waals surface area contributed by atoms with Gasteiger partial charge in [0, 0.05) is 13.0 Å². The van der Waals surface area contributed by atoms with E-state index in [0.29, 0.717) is 0 Å². The van der Waals surface area contributed by atoms with E-state index in [1.54, 1.807) is 13.5 Å². The second kappa shape index (κ2) is 15.3. The van der Waals surface area contributed by atoms with Gasteiger partial charge in [-0.15, -0.1) is 0 Å². The van der Waals surface area contributed by atoms with E-state index in [4.69, 9.17) is 37.3 Å². The van der Waals surface area contributed by atoms with Crippen LogP contribution in [-0.4, -0.2) is 168 Å². The van der Waals surface area contributed by atoms with Crippen LogP contribution in [0.1, 0.15) is 6.92 Å². The van der Waals surface area contributed by atoms with Crippen molar-refractivity contribution in [1.82, 2.24) is 0 Å². The Hall–Kier alpha value is -0.166. The first kappa shape index (κ1) is 33.3. The van der Waals surface area contributed by atoms with Crippen LogP contribution >= 0.6 is 0 Å². The molecule has 0 aromatic carbocycles. The number of hydrogen-bond donors (Lipinski definition) is 7. The highest BCUT2D eigenvalue weighted by Gasteiger charge is 2.51. The summed E-state index contributed by atoms with van der Waals surface area (Å²) in [7, 11) is 1.53. The van der Waals surface area contributed by atoms with Crippen LogP contribution in [0.25, 0.3) is 0 Å². The lowest BCUT2D eigenvalue weighted by molar-refractivity contribution is -0.361. The predicted octanol–water partition coefficient (Wildman–Crippen LogP) is -4.26. The van der Waals surface area contributed by atoms with E-state index in [9.17, 15) is 35.7 Å². The Labute approximate surface area is 231 Å². The standard InChI is InChI=1S/C22H40O15Si2/c1-8-9(6-32-38-3)34-22(16(27)12(8)23)37-19-11(36-20(30-2)18(29)15(19)26)5-31-21-17(28)14(25)13(24)10(35-21)7-33-39-4/h8-29H,5-7H2,1-4H3. The molecule has 15 atom stereocenters. The van der Waals surface area contributed by atoms with Crippen molar-refractivity contribution in [2.45, 2.75) is 106 Å². The van der Waals surface area contributed by atoms with E-state index in [2.05, 4.69) is 0 Å². The number of methoxy groups -OCH3 is 1. The van der Waals surface area contributed by atoms with E-state index in [0.717, 1.165) is 0 Å². The maximum absolute atomic E-state index is 10.9. The van der Waals surface area contributed by atoms with Crippen molar-refractivity contribution >= 4 is 19.5 Å². The normalized spacial score (nSPS) is 47.3. The third kappa shape index (κ3) is 7.82. The fourth-order valence-corrected chi connectivity index (χ4v) is 5.30. The van der Waals surface area contributed by atoms with Crippen LogP contribution in [-0.2, 0) is 37.3 Å². The molecule has 15 nitrogen and oxygen atoms in total. The number of aliphatic hydroxyl groups is 7.